The highest BCUT2D eigenvalue weighted by Gasteiger charge is 2.08. The Balaban J connectivity index is 1.76. The van der Waals surface area contributed by atoms with Crippen LogP contribution in [0.15, 0.2) is 29.3 Å². The number of H-pyrrole nitrogens is 1. The van der Waals surface area contributed by atoms with Crippen LogP contribution in [0.25, 0.3) is 11.0 Å². The number of nitrogens with zero attached hydrogens (tertiary/aromatic N) is 2. The zero-order chi connectivity index (χ0) is 15.9. The van der Waals surface area contributed by atoms with Gasteiger partial charge < -0.3 is 15.6 Å². The van der Waals surface area contributed by atoms with Crippen molar-refractivity contribution in [3.8, 4) is 0 Å². The molecule has 2 aromatic rings. The molecule has 0 saturated carbocycles. The molecule has 0 spiro atoms. The van der Waals surface area contributed by atoms with Gasteiger partial charge in [-0.25, -0.2) is 4.98 Å². The summed E-state index contributed by atoms with van der Waals surface area (Å²) in [6.07, 6.45) is 1.94. The smallest absolute Gasteiger partial charge is 0.191 e. The second-order valence-corrected chi connectivity index (χ2v) is 5.98. The molecule has 1 unspecified atom stereocenters. The van der Waals surface area contributed by atoms with Crippen LogP contribution in [-0.4, -0.2) is 35.6 Å². The van der Waals surface area contributed by atoms with Crippen molar-refractivity contribution < 1.29 is 0 Å². The molecular weight excluding hydrogens is 274 g/mol. The molecule has 1 atom stereocenters. The molecule has 22 heavy (non-hydrogen) atoms. The Morgan fingerprint density at radius 3 is 2.73 bits per heavy atom. The first kappa shape index (κ1) is 16.3. The summed E-state index contributed by atoms with van der Waals surface area (Å²) < 4.78 is 0. The summed E-state index contributed by atoms with van der Waals surface area (Å²) in [5.74, 6) is 2.49. The number of hydrogen-bond donors (Lipinski definition) is 3. The fourth-order valence-corrected chi connectivity index (χ4v) is 2.16. The second-order valence-electron chi connectivity index (χ2n) is 5.98. The number of benzene rings is 1. The zero-order valence-electron chi connectivity index (χ0n) is 14.0. The van der Waals surface area contributed by atoms with Crippen LogP contribution in [0.3, 0.4) is 0 Å². The van der Waals surface area contributed by atoms with Crippen molar-refractivity contribution in [1.82, 2.24) is 20.6 Å². The molecule has 5 heteroatoms. The Kier molecular flexibility index (Phi) is 5.81. The third-order valence-electron chi connectivity index (χ3n) is 3.91. The molecule has 0 fully saturated rings. The average molecular weight is 301 g/mol. The van der Waals surface area contributed by atoms with E-state index in [2.05, 4.69) is 52.4 Å². The van der Waals surface area contributed by atoms with Crippen LogP contribution < -0.4 is 10.6 Å². The van der Waals surface area contributed by atoms with Gasteiger partial charge in [-0.2, -0.15) is 0 Å². The monoisotopic (exact) mass is 301 g/mol. The van der Waals surface area contributed by atoms with Gasteiger partial charge in [0.05, 0.1) is 11.0 Å². The number of rotatable bonds is 6. The largest absolute Gasteiger partial charge is 0.356 e. The highest BCUT2D eigenvalue weighted by Crippen LogP contribution is 2.11. The molecule has 1 aromatic carbocycles. The second kappa shape index (κ2) is 7.82. The average Bonchev–Trinajstić information content (AvgIpc) is 2.92. The molecule has 0 aliphatic carbocycles. The van der Waals surface area contributed by atoms with Crippen molar-refractivity contribution in [2.45, 2.75) is 39.7 Å². The van der Waals surface area contributed by atoms with E-state index in [1.807, 2.05) is 25.2 Å². The number of para-hydroxylation sites is 2. The van der Waals surface area contributed by atoms with Crippen LogP contribution in [0.4, 0.5) is 0 Å². The molecule has 1 heterocycles. The number of aliphatic imine (C=N–C) groups is 1. The lowest BCUT2D eigenvalue weighted by Gasteiger charge is -2.20. The maximum Gasteiger partial charge on any atom is 0.191 e. The molecule has 1 aromatic heterocycles. The molecule has 2 rings (SSSR count). The Bertz CT molecular complexity index is 581. The van der Waals surface area contributed by atoms with Crippen LogP contribution in [0.2, 0.25) is 0 Å². The Hall–Kier alpha value is -2.04. The number of guanidine groups is 1. The third-order valence-corrected chi connectivity index (χ3v) is 3.91. The van der Waals surface area contributed by atoms with Gasteiger partial charge in [0.1, 0.15) is 5.82 Å². The Morgan fingerprint density at radius 2 is 2.05 bits per heavy atom. The van der Waals surface area contributed by atoms with Crippen molar-refractivity contribution in [1.29, 1.82) is 0 Å². The molecule has 3 N–H and O–H groups in total. The molecule has 5 nitrogen and oxygen atoms in total. The van der Waals surface area contributed by atoms with Gasteiger partial charge in [0, 0.05) is 26.1 Å². The lowest BCUT2D eigenvalue weighted by Crippen LogP contribution is -2.44. The highest BCUT2D eigenvalue weighted by atomic mass is 15.2. The van der Waals surface area contributed by atoms with Gasteiger partial charge in [0.25, 0.3) is 0 Å². The molecule has 0 amide bonds. The SMILES string of the molecule is CN=C(NCCCc1nc2ccccc2[nH]1)NC(C)C(C)C. The summed E-state index contributed by atoms with van der Waals surface area (Å²) in [6.45, 7) is 7.45. The predicted octanol–water partition coefficient (Wildman–Crippen LogP) is 2.71. The summed E-state index contributed by atoms with van der Waals surface area (Å²) in [5.41, 5.74) is 2.14. The molecule has 0 aliphatic rings. The van der Waals surface area contributed by atoms with E-state index in [1.165, 1.54) is 0 Å². The van der Waals surface area contributed by atoms with Gasteiger partial charge in [-0.05, 0) is 31.4 Å². The lowest BCUT2D eigenvalue weighted by molar-refractivity contribution is 0.480. The van der Waals surface area contributed by atoms with E-state index in [-0.39, 0.29) is 0 Å². The van der Waals surface area contributed by atoms with Gasteiger partial charge in [-0.15, -0.1) is 0 Å². The number of fused-ring (bicyclic) bond motifs is 1. The summed E-state index contributed by atoms with van der Waals surface area (Å²) in [5, 5.41) is 6.76. The Labute approximate surface area is 132 Å². The van der Waals surface area contributed by atoms with Gasteiger partial charge in [0.15, 0.2) is 5.96 Å². The molecule has 120 valence electrons. The molecule has 0 bridgehead atoms. The summed E-state index contributed by atoms with van der Waals surface area (Å²) in [4.78, 5) is 12.2. The van der Waals surface area contributed by atoms with Crippen molar-refractivity contribution in [2.75, 3.05) is 13.6 Å². The summed E-state index contributed by atoms with van der Waals surface area (Å²) in [6, 6.07) is 8.54. The fourth-order valence-electron chi connectivity index (χ4n) is 2.16. The van der Waals surface area contributed by atoms with Crippen LogP contribution in [0, 0.1) is 5.92 Å². The van der Waals surface area contributed by atoms with Crippen LogP contribution in [0.5, 0.6) is 0 Å². The predicted molar refractivity (Wildman–Crippen MR) is 93.2 cm³/mol. The van der Waals surface area contributed by atoms with Gasteiger partial charge in [-0.1, -0.05) is 26.0 Å². The van der Waals surface area contributed by atoms with Crippen LogP contribution in [0.1, 0.15) is 33.0 Å². The van der Waals surface area contributed by atoms with Gasteiger partial charge in [-0.3, -0.25) is 4.99 Å². The normalized spacial score (nSPS) is 13.6. The maximum absolute atomic E-state index is 4.59. The first-order valence-electron chi connectivity index (χ1n) is 8.01. The van der Waals surface area contributed by atoms with Crippen LogP contribution >= 0.6 is 0 Å². The molecule has 0 radical (unpaired) electrons. The van der Waals surface area contributed by atoms with E-state index in [9.17, 15) is 0 Å². The number of nitrogens with one attached hydrogen (secondary N) is 3. The van der Waals surface area contributed by atoms with E-state index in [0.29, 0.717) is 12.0 Å². The first-order chi connectivity index (χ1) is 10.6. The number of aromatic nitrogens is 2. The number of aryl methyl sites for hydroxylation is 1. The molecular formula is C17H27N5. The van der Waals surface area contributed by atoms with Crippen molar-refractivity contribution in [3.63, 3.8) is 0 Å². The van der Waals surface area contributed by atoms with E-state index in [0.717, 1.165) is 42.2 Å². The number of aromatic amines is 1. The quantitative estimate of drug-likeness (QED) is 0.437. The van der Waals surface area contributed by atoms with E-state index in [1.54, 1.807) is 0 Å². The van der Waals surface area contributed by atoms with Crippen molar-refractivity contribution in [2.24, 2.45) is 10.9 Å². The number of hydrogen-bond acceptors (Lipinski definition) is 2. The maximum atomic E-state index is 4.59. The minimum absolute atomic E-state index is 0.404. The zero-order valence-corrected chi connectivity index (χ0v) is 14.0. The lowest BCUT2D eigenvalue weighted by atomic mass is 10.1. The minimum atomic E-state index is 0.404. The van der Waals surface area contributed by atoms with E-state index < -0.39 is 0 Å². The standard InChI is InChI=1S/C17H27N5/c1-12(2)13(3)20-17(18-4)19-11-7-10-16-21-14-8-5-6-9-15(14)22-16/h5-6,8-9,12-13H,7,10-11H2,1-4H3,(H,21,22)(H2,18,19,20). The van der Waals surface area contributed by atoms with E-state index in [4.69, 9.17) is 0 Å². The minimum Gasteiger partial charge on any atom is -0.356 e. The fraction of sp³-hybridized carbons (Fsp3) is 0.529. The summed E-state index contributed by atoms with van der Waals surface area (Å²) >= 11 is 0. The van der Waals surface area contributed by atoms with Crippen molar-refractivity contribution in [3.05, 3.63) is 30.1 Å². The number of imidazole rings is 1. The Morgan fingerprint density at radius 1 is 1.27 bits per heavy atom. The summed E-state index contributed by atoms with van der Waals surface area (Å²) in [7, 11) is 1.81. The topological polar surface area (TPSA) is 65.1 Å². The first-order valence-corrected chi connectivity index (χ1v) is 8.01. The van der Waals surface area contributed by atoms with E-state index >= 15 is 0 Å². The molecule has 0 saturated heterocycles. The van der Waals surface area contributed by atoms with Gasteiger partial charge in [0.2, 0.25) is 0 Å². The van der Waals surface area contributed by atoms with Crippen molar-refractivity contribution >= 4 is 17.0 Å². The third kappa shape index (κ3) is 4.48. The van der Waals surface area contributed by atoms with Crippen LogP contribution in [-0.2, 0) is 6.42 Å². The highest BCUT2D eigenvalue weighted by molar-refractivity contribution is 5.79. The molecule has 0 aliphatic heterocycles. The van der Waals surface area contributed by atoms with Gasteiger partial charge >= 0.3 is 0 Å².